The van der Waals surface area contributed by atoms with Gasteiger partial charge in [-0.3, -0.25) is 0 Å². The second-order valence-electron chi connectivity index (χ2n) is 4.14. The summed E-state index contributed by atoms with van der Waals surface area (Å²) >= 11 is 0. The van der Waals surface area contributed by atoms with Gasteiger partial charge in [-0.15, -0.1) is 0 Å². The molecule has 0 aliphatic carbocycles. The first-order valence-electron chi connectivity index (χ1n) is 5.91. The zero-order valence-electron chi connectivity index (χ0n) is 10.7. The van der Waals surface area contributed by atoms with Crippen molar-refractivity contribution < 1.29 is 26.3 Å². The van der Waals surface area contributed by atoms with Crippen LogP contribution in [0.15, 0.2) is 29.2 Å². The Kier molecular flexibility index (Phi) is 5.97. The Balaban J connectivity index is 2.45. The predicted octanol–water partition coefficient (Wildman–Crippen LogP) is 1.89. The molecule has 0 saturated heterocycles. The fraction of sp³-hybridized carbons (Fsp3) is 0.500. The number of hydrogen-bond donors (Lipinski definition) is 1. The van der Waals surface area contributed by atoms with Crippen molar-refractivity contribution in [3.8, 4) is 0 Å². The number of sulfone groups is 1. The standard InChI is InChI=1S/C12H16F3NO3S/c13-12(14,15)5-6-19-7-8-20(17,18)11-3-1-10(9-16)2-4-11/h1-4H,5-9,16H2. The van der Waals surface area contributed by atoms with Gasteiger partial charge in [0.2, 0.25) is 0 Å². The van der Waals surface area contributed by atoms with Gasteiger partial charge in [0.05, 0.1) is 30.3 Å². The van der Waals surface area contributed by atoms with Crippen molar-refractivity contribution in [2.24, 2.45) is 5.73 Å². The molecular weight excluding hydrogens is 295 g/mol. The summed E-state index contributed by atoms with van der Waals surface area (Å²) in [5.41, 5.74) is 6.19. The summed E-state index contributed by atoms with van der Waals surface area (Å²) in [6.45, 7) is -0.497. The Morgan fingerprint density at radius 1 is 1.10 bits per heavy atom. The van der Waals surface area contributed by atoms with Crippen LogP contribution in [0.25, 0.3) is 0 Å². The van der Waals surface area contributed by atoms with Crippen molar-refractivity contribution in [3.05, 3.63) is 29.8 Å². The number of hydrogen-bond acceptors (Lipinski definition) is 4. The maximum atomic E-state index is 11.9. The quantitative estimate of drug-likeness (QED) is 0.781. The Morgan fingerprint density at radius 3 is 2.20 bits per heavy atom. The molecule has 0 spiro atoms. The predicted molar refractivity (Wildman–Crippen MR) is 67.9 cm³/mol. The lowest BCUT2D eigenvalue weighted by Gasteiger charge is -2.08. The Hall–Kier alpha value is -1.12. The Morgan fingerprint density at radius 2 is 1.70 bits per heavy atom. The molecule has 0 saturated carbocycles. The van der Waals surface area contributed by atoms with Crippen molar-refractivity contribution in [1.82, 2.24) is 0 Å². The number of halogens is 3. The minimum atomic E-state index is -4.29. The van der Waals surface area contributed by atoms with Crippen LogP contribution in [0, 0.1) is 0 Å². The second-order valence-corrected chi connectivity index (χ2v) is 6.25. The lowest BCUT2D eigenvalue weighted by Crippen LogP contribution is -2.16. The molecule has 0 atom stereocenters. The third-order valence-corrected chi connectivity index (χ3v) is 4.24. The molecule has 0 radical (unpaired) electrons. The van der Waals surface area contributed by atoms with Crippen LogP contribution in [0.3, 0.4) is 0 Å². The van der Waals surface area contributed by atoms with E-state index in [1.54, 1.807) is 12.1 Å². The first-order chi connectivity index (χ1) is 9.24. The summed E-state index contributed by atoms with van der Waals surface area (Å²) in [4.78, 5) is 0.106. The van der Waals surface area contributed by atoms with Gasteiger partial charge in [-0.1, -0.05) is 12.1 Å². The van der Waals surface area contributed by atoms with E-state index in [0.717, 1.165) is 5.56 Å². The van der Waals surface area contributed by atoms with E-state index in [1.165, 1.54) is 12.1 Å². The van der Waals surface area contributed by atoms with Gasteiger partial charge in [-0.25, -0.2) is 8.42 Å². The highest BCUT2D eigenvalue weighted by Gasteiger charge is 2.26. The zero-order chi connectivity index (χ0) is 15.2. The molecule has 1 aromatic carbocycles. The van der Waals surface area contributed by atoms with Gasteiger partial charge in [-0.2, -0.15) is 13.2 Å². The number of rotatable bonds is 7. The molecule has 1 aromatic rings. The summed E-state index contributed by atoms with van der Waals surface area (Å²) in [6.07, 6.45) is -5.38. The molecule has 0 bridgehead atoms. The van der Waals surface area contributed by atoms with Gasteiger partial charge >= 0.3 is 6.18 Å². The molecule has 0 unspecified atom stereocenters. The van der Waals surface area contributed by atoms with Gasteiger partial charge in [0.25, 0.3) is 0 Å². The van der Waals surface area contributed by atoms with Gasteiger partial charge in [0, 0.05) is 6.54 Å². The number of nitrogens with two attached hydrogens (primary N) is 1. The maximum Gasteiger partial charge on any atom is 0.391 e. The average molecular weight is 311 g/mol. The van der Waals surface area contributed by atoms with Gasteiger partial charge in [0.15, 0.2) is 9.84 Å². The van der Waals surface area contributed by atoms with Crippen molar-refractivity contribution in [2.75, 3.05) is 19.0 Å². The molecule has 0 aromatic heterocycles. The molecule has 0 aliphatic heterocycles. The summed E-state index contributed by atoms with van der Waals surface area (Å²) in [6, 6.07) is 6.04. The largest absolute Gasteiger partial charge is 0.391 e. The van der Waals surface area contributed by atoms with E-state index in [-0.39, 0.29) is 17.3 Å². The van der Waals surface area contributed by atoms with E-state index >= 15 is 0 Å². The summed E-state index contributed by atoms with van der Waals surface area (Å²) in [7, 11) is -3.55. The van der Waals surface area contributed by atoms with Crippen LogP contribution in [0.4, 0.5) is 13.2 Å². The van der Waals surface area contributed by atoms with Gasteiger partial charge in [0.1, 0.15) is 0 Å². The third-order valence-electron chi connectivity index (χ3n) is 2.54. The zero-order valence-corrected chi connectivity index (χ0v) is 11.5. The smallest absolute Gasteiger partial charge is 0.380 e. The highest BCUT2D eigenvalue weighted by molar-refractivity contribution is 7.91. The van der Waals surface area contributed by atoms with Crippen molar-refractivity contribution in [3.63, 3.8) is 0 Å². The monoisotopic (exact) mass is 311 g/mol. The molecule has 20 heavy (non-hydrogen) atoms. The van der Waals surface area contributed by atoms with E-state index in [4.69, 9.17) is 10.5 Å². The van der Waals surface area contributed by atoms with Crippen LogP contribution in [0.1, 0.15) is 12.0 Å². The van der Waals surface area contributed by atoms with E-state index < -0.39 is 29.0 Å². The number of ether oxygens (including phenoxy) is 1. The number of alkyl halides is 3. The van der Waals surface area contributed by atoms with Crippen LogP contribution in [-0.4, -0.2) is 33.6 Å². The molecule has 1 rings (SSSR count). The van der Waals surface area contributed by atoms with Crippen molar-refractivity contribution in [2.45, 2.75) is 24.0 Å². The average Bonchev–Trinajstić information content (AvgIpc) is 2.37. The lowest BCUT2D eigenvalue weighted by atomic mass is 10.2. The van der Waals surface area contributed by atoms with E-state index in [0.29, 0.717) is 6.54 Å². The van der Waals surface area contributed by atoms with Crippen LogP contribution in [-0.2, 0) is 21.1 Å². The SMILES string of the molecule is NCc1ccc(S(=O)(=O)CCOCCC(F)(F)F)cc1. The van der Waals surface area contributed by atoms with E-state index in [9.17, 15) is 21.6 Å². The molecule has 8 heteroatoms. The lowest BCUT2D eigenvalue weighted by molar-refractivity contribution is -0.144. The molecule has 0 heterocycles. The first-order valence-corrected chi connectivity index (χ1v) is 7.56. The van der Waals surface area contributed by atoms with Crippen molar-refractivity contribution >= 4 is 9.84 Å². The number of benzene rings is 1. The topological polar surface area (TPSA) is 69.4 Å². The molecular formula is C12H16F3NO3S. The molecule has 0 fully saturated rings. The van der Waals surface area contributed by atoms with Gasteiger partial charge in [-0.05, 0) is 17.7 Å². The van der Waals surface area contributed by atoms with Crippen LogP contribution < -0.4 is 5.73 Å². The molecule has 0 aliphatic rings. The second kappa shape index (κ2) is 7.05. The Labute approximate surface area is 115 Å². The normalized spacial score (nSPS) is 12.6. The first kappa shape index (κ1) is 16.9. The highest BCUT2D eigenvalue weighted by atomic mass is 32.2. The highest BCUT2D eigenvalue weighted by Crippen LogP contribution is 2.19. The fourth-order valence-corrected chi connectivity index (χ4v) is 2.53. The van der Waals surface area contributed by atoms with Crippen LogP contribution in [0.5, 0.6) is 0 Å². The fourth-order valence-electron chi connectivity index (χ4n) is 1.41. The molecule has 4 nitrogen and oxygen atoms in total. The summed E-state index contributed by atoms with van der Waals surface area (Å²) in [5.74, 6) is -0.354. The van der Waals surface area contributed by atoms with Crippen LogP contribution in [0.2, 0.25) is 0 Å². The van der Waals surface area contributed by atoms with E-state index in [2.05, 4.69) is 0 Å². The summed E-state index contributed by atoms with van der Waals surface area (Å²) < 4.78 is 63.9. The van der Waals surface area contributed by atoms with E-state index in [1.807, 2.05) is 0 Å². The van der Waals surface area contributed by atoms with Crippen LogP contribution >= 0.6 is 0 Å². The third kappa shape index (κ3) is 5.89. The Bertz CT molecular complexity index is 512. The van der Waals surface area contributed by atoms with Crippen molar-refractivity contribution in [1.29, 1.82) is 0 Å². The van der Waals surface area contributed by atoms with Gasteiger partial charge < -0.3 is 10.5 Å². The summed E-state index contributed by atoms with van der Waals surface area (Å²) in [5, 5.41) is 0. The minimum absolute atomic E-state index is 0.106. The minimum Gasteiger partial charge on any atom is -0.380 e. The maximum absolute atomic E-state index is 11.9. The molecule has 2 N–H and O–H groups in total. The molecule has 114 valence electrons. The molecule has 0 amide bonds.